The van der Waals surface area contributed by atoms with E-state index in [4.69, 9.17) is 4.74 Å². The van der Waals surface area contributed by atoms with Crippen molar-refractivity contribution < 1.29 is 18.7 Å². The summed E-state index contributed by atoms with van der Waals surface area (Å²) >= 11 is 1.43. The number of ether oxygens (including phenoxy) is 1. The van der Waals surface area contributed by atoms with Crippen molar-refractivity contribution in [3.63, 3.8) is 0 Å². The Bertz CT molecular complexity index is 1300. The minimum atomic E-state index is -0.348. The predicted molar refractivity (Wildman–Crippen MR) is 133 cm³/mol. The van der Waals surface area contributed by atoms with Gasteiger partial charge in [0.1, 0.15) is 11.6 Å². The molecule has 34 heavy (non-hydrogen) atoms. The highest BCUT2D eigenvalue weighted by atomic mass is 32.2. The lowest BCUT2D eigenvalue weighted by atomic mass is 10.2. The number of aromatic nitrogens is 1. The highest BCUT2D eigenvalue weighted by Gasteiger charge is 2.13. The third-order valence-electron chi connectivity index (χ3n) is 5.23. The maximum atomic E-state index is 13.0. The van der Waals surface area contributed by atoms with Crippen molar-refractivity contribution >= 4 is 40.2 Å². The summed E-state index contributed by atoms with van der Waals surface area (Å²) in [7, 11) is 1.54. The predicted octanol–water partition coefficient (Wildman–Crippen LogP) is 4.95. The van der Waals surface area contributed by atoms with Crippen LogP contribution >= 0.6 is 11.8 Å². The number of rotatable bonds is 9. The molecule has 1 aromatic heterocycles. The number of thioether (sulfide) groups is 1. The maximum Gasteiger partial charge on any atom is 0.255 e. The average Bonchev–Trinajstić information content (AvgIpc) is 3.21. The van der Waals surface area contributed by atoms with Crippen LogP contribution < -0.4 is 15.4 Å². The number of anilines is 1. The Morgan fingerprint density at radius 2 is 1.74 bits per heavy atom. The monoisotopic (exact) mass is 477 g/mol. The number of halogens is 1. The van der Waals surface area contributed by atoms with Crippen molar-refractivity contribution in [2.45, 2.75) is 11.4 Å². The molecule has 2 amide bonds. The van der Waals surface area contributed by atoms with E-state index >= 15 is 0 Å². The minimum Gasteiger partial charge on any atom is -0.496 e. The fraction of sp³-hybridized carbons (Fsp3) is 0.154. The van der Waals surface area contributed by atoms with Gasteiger partial charge >= 0.3 is 0 Å². The first kappa shape index (κ1) is 23.4. The van der Waals surface area contributed by atoms with E-state index in [2.05, 4.69) is 15.2 Å². The Kier molecular flexibility index (Phi) is 7.49. The molecule has 0 spiro atoms. The lowest BCUT2D eigenvalue weighted by Gasteiger charge is -2.10. The molecule has 4 rings (SSSR count). The standard InChI is InChI=1S/C26H24FN3O3S/c1-33-23-9-5-3-7-21(23)26(32)28-14-15-30-16-24(20-6-2-4-8-22(20)30)34-17-25(31)29-19-12-10-18(27)11-13-19/h2-13,16H,14-15,17H2,1H3,(H,28,32)(H,29,31). The summed E-state index contributed by atoms with van der Waals surface area (Å²) in [6, 6.07) is 20.7. The van der Waals surface area contributed by atoms with Crippen LogP contribution in [0.5, 0.6) is 5.75 Å². The molecule has 0 aliphatic carbocycles. The molecule has 0 aliphatic heterocycles. The smallest absolute Gasteiger partial charge is 0.255 e. The number of benzene rings is 3. The lowest BCUT2D eigenvalue weighted by molar-refractivity contribution is -0.113. The second kappa shape index (κ2) is 10.9. The van der Waals surface area contributed by atoms with Crippen LogP contribution in [0.2, 0.25) is 0 Å². The van der Waals surface area contributed by atoms with Gasteiger partial charge in [-0.3, -0.25) is 9.59 Å². The van der Waals surface area contributed by atoms with Crippen LogP contribution in [0.4, 0.5) is 10.1 Å². The van der Waals surface area contributed by atoms with Gasteiger partial charge in [0.2, 0.25) is 5.91 Å². The molecule has 0 atom stereocenters. The number of hydrogen-bond donors (Lipinski definition) is 2. The van der Waals surface area contributed by atoms with Crippen LogP contribution in [0.3, 0.4) is 0 Å². The number of hydrogen-bond acceptors (Lipinski definition) is 4. The summed E-state index contributed by atoms with van der Waals surface area (Å²) in [5, 5.41) is 6.76. The number of fused-ring (bicyclic) bond motifs is 1. The molecule has 1 heterocycles. The third kappa shape index (κ3) is 5.58. The van der Waals surface area contributed by atoms with Gasteiger partial charge in [0.05, 0.1) is 18.4 Å². The van der Waals surface area contributed by atoms with Gasteiger partial charge in [-0.1, -0.05) is 30.3 Å². The average molecular weight is 478 g/mol. The van der Waals surface area contributed by atoms with E-state index in [-0.39, 0.29) is 23.4 Å². The Morgan fingerprint density at radius 3 is 2.53 bits per heavy atom. The second-order valence-electron chi connectivity index (χ2n) is 7.50. The fourth-order valence-electron chi connectivity index (χ4n) is 3.60. The molecule has 0 radical (unpaired) electrons. The largest absolute Gasteiger partial charge is 0.496 e. The van der Waals surface area contributed by atoms with E-state index in [1.807, 2.05) is 36.5 Å². The number of nitrogens with one attached hydrogen (secondary N) is 2. The van der Waals surface area contributed by atoms with Gasteiger partial charge in [-0.25, -0.2) is 4.39 Å². The van der Waals surface area contributed by atoms with E-state index in [1.54, 1.807) is 18.2 Å². The Labute approximate surface area is 201 Å². The lowest BCUT2D eigenvalue weighted by Crippen LogP contribution is -2.27. The second-order valence-corrected chi connectivity index (χ2v) is 8.52. The van der Waals surface area contributed by atoms with Crippen LogP contribution in [0.25, 0.3) is 10.9 Å². The fourth-order valence-corrected chi connectivity index (χ4v) is 4.49. The molecule has 0 bridgehead atoms. The third-order valence-corrected chi connectivity index (χ3v) is 6.27. The summed E-state index contributed by atoms with van der Waals surface area (Å²) in [5.41, 5.74) is 2.07. The normalized spacial score (nSPS) is 10.8. The number of carbonyl (C=O) groups is 2. The molecule has 0 saturated carbocycles. The van der Waals surface area contributed by atoms with Crippen molar-refractivity contribution in [3.05, 3.63) is 90.4 Å². The highest BCUT2D eigenvalue weighted by Crippen LogP contribution is 2.30. The van der Waals surface area contributed by atoms with Crippen molar-refractivity contribution in [2.75, 3.05) is 24.7 Å². The molecule has 0 aliphatic rings. The zero-order valence-corrected chi connectivity index (χ0v) is 19.4. The van der Waals surface area contributed by atoms with Crippen LogP contribution in [0, 0.1) is 5.82 Å². The molecule has 0 unspecified atom stereocenters. The van der Waals surface area contributed by atoms with Gasteiger partial charge in [0.25, 0.3) is 5.91 Å². The summed E-state index contributed by atoms with van der Waals surface area (Å²) < 4.78 is 20.4. The van der Waals surface area contributed by atoms with Crippen LogP contribution in [-0.2, 0) is 11.3 Å². The number of para-hydroxylation sites is 2. The first-order valence-corrected chi connectivity index (χ1v) is 11.7. The molecule has 3 aromatic carbocycles. The minimum absolute atomic E-state index is 0.169. The van der Waals surface area contributed by atoms with Crippen molar-refractivity contribution in [1.29, 1.82) is 0 Å². The van der Waals surface area contributed by atoms with Crippen molar-refractivity contribution in [1.82, 2.24) is 9.88 Å². The van der Waals surface area contributed by atoms with E-state index in [0.717, 1.165) is 15.8 Å². The number of carbonyl (C=O) groups excluding carboxylic acids is 2. The van der Waals surface area contributed by atoms with Gasteiger partial charge in [-0.2, -0.15) is 0 Å². The van der Waals surface area contributed by atoms with Gasteiger partial charge in [0, 0.05) is 40.8 Å². The molecule has 174 valence electrons. The molecule has 0 saturated heterocycles. The molecule has 2 N–H and O–H groups in total. The van der Waals surface area contributed by atoms with Crippen LogP contribution in [0.15, 0.2) is 83.9 Å². The van der Waals surface area contributed by atoms with E-state index < -0.39 is 0 Å². The molecular formula is C26H24FN3O3S. The Balaban J connectivity index is 1.39. The summed E-state index contributed by atoms with van der Waals surface area (Å²) in [5.74, 6) is 0.0393. The SMILES string of the molecule is COc1ccccc1C(=O)NCCn1cc(SCC(=O)Nc2ccc(F)cc2)c2ccccc21. The zero-order valence-electron chi connectivity index (χ0n) is 18.6. The van der Waals surface area contributed by atoms with E-state index in [1.165, 1.54) is 43.1 Å². The van der Waals surface area contributed by atoms with Gasteiger partial charge < -0.3 is 19.9 Å². The van der Waals surface area contributed by atoms with Crippen LogP contribution in [0.1, 0.15) is 10.4 Å². The van der Waals surface area contributed by atoms with Crippen molar-refractivity contribution in [2.24, 2.45) is 0 Å². The zero-order chi connectivity index (χ0) is 23.9. The summed E-state index contributed by atoms with van der Waals surface area (Å²) in [6.07, 6.45) is 2.00. The van der Waals surface area contributed by atoms with Gasteiger partial charge in [-0.15, -0.1) is 11.8 Å². The summed E-state index contributed by atoms with van der Waals surface area (Å²) in [6.45, 7) is 1.01. The van der Waals surface area contributed by atoms with Gasteiger partial charge in [0.15, 0.2) is 0 Å². The molecule has 0 fully saturated rings. The van der Waals surface area contributed by atoms with Gasteiger partial charge in [-0.05, 0) is 42.5 Å². The van der Waals surface area contributed by atoms with E-state index in [0.29, 0.717) is 30.1 Å². The van der Waals surface area contributed by atoms with Crippen LogP contribution in [-0.4, -0.2) is 35.8 Å². The van der Waals surface area contributed by atoms with E-state index in [9.17, 15) is 14.0 Å². The summed E-state index contributed by atoms with van der Waals surface area (Å²) in [4.78, 5) is 25.9. The molecular weight excluding hydrogens is 453 g/mol. The number of methoxy groups -OCH3 is 1. The molecule has 6 nitrogen and oxygen atoms in total. The quantitative estimate of drug-likeness (QED) is 0.335. The van der Waals surface area contributed by atoms with Crippen molar-refractivity contribution in [3.8, 4) is 5.75 Å². The topological polar surface area (TPSA) is 72.4 Å². The molecule has 4 aromatic rings. The number of nitrogens with zero attached hydrogens (tertiary/aromatic N) is 1. The maximum absolute atomic E-state index is 13.0. The highest BCUT2D eigenvalue weighted by molar-refractivity contribution is 8.00. The first-order chi connectivity index (χ1) is 16.5. The Morgan fingerprint density at radius 1 is 1.00 bits per heavy atom. The number of amides is 2. The first-order valence-electron chi connectivity index (χ1n) is 10.7. The molecule has 8 heteroatoms. The Hall–Kier alpha value is -3.78.